The highest BCUT2D eigenvalue weighted by Crippen LogP contribution is 2.35. The van der Waals surface area contributed by atoms with Crippen molar-refractivity contribution in [2.45, 2.75) is 43.2 Å². The summed E-state index contributed by atoms with van der Waals surface area (Å²) >= 11 is 1.58. The second-order valence-electron chi connectivity index (χ2n) is 9.72. The molecule has 5 rings (SSSR count). The second kappa shape index (κ2) is 8.33. The van der Waals surface area contributed by atoms with Gasteiger partial charge in [-0.15, -0.1) is 11.3 Å². The average molecular weight is 504 g/mol. The number of H-pyrrole nitrogens is 1. The molecule has 11 heteroatoms. The molecule has 0 bridgehead atoms. The molecule has 1 saturated heterocycles. The van der Waals surface area contributed by atoms with Crippen molar-refractivity contribution in [3.63, 3.8) is 0 Å². The summed E-state index contributed by atoms with van der Waals surface area (Å²) in [6.07, 6.45) is 3.35. The number of morpholine rings is 1. The Balaban J connectivity index is 1.46. The molecular formula is C23H29N5O4S2. The molecule has 9 nitrogen and oxygen atoms in total. The molecule has 34 heavy (non-hydrogen) atoms. The average Bonchev–Trinajstić information content (AvgIpc) is 3.37. The predicted octanol–water partition coefficient (Wildman–Crippen LogP) is 2.39. The minimum absolute atomic E-state index is 0.0190. The number of amides is 1. The third kappa shape index (κ3) is 4.10. The molecule has 0 saturated carbocycles. The highest BCUT2D eigenvalue weighted by Gasteiger charge is 2.35. The minimum Gasteiger partial charge on any atom is -0.377 e. The van der Waals surface area contributed by atoms with Crippen LogP contribution in [0.25, 0.3) is 10.9 Å². The molecule has 182 valence electrons. The third-order valence-electron chi connectivity index (χ3n) is 6.40. The summed E-state index contributed by atoms with van der Waals surface area (Å²) in [5.74, 6) is -0.121. The lowest BCUT2D eigenvalue weighted by atomic mass is 9.95. The van der Waals surface area contributed by atoms with Gasteiger partial charge in [0, 0.05) is 54.6 Å². The molecule has 2 aromatic heterocycles. The van der Waals surface area contributed by atoms with E-state index in [1.54, 1.807) is 29.5 Å². The maximum Gasteiger partial charge on any atom is 0.271 e. The maximum absolute atomic E-state index is 12.7. The zero-order chi connectivity index (χ0) is 24.3. The van der Waals surface area contributed by atoms with Crippen LogP contribution in [0.4, 0.5) is 5.13 Å². The van der Waals surface area contributed by atoms with Crippen LogP contribution in [0.15, 0.2) is 29.3 Å². The van der Waals surface area contributed by atoms with Gasteiger partial charge in [0.15, 0.2) is 5.13 Å². The summed E-state index contributed by atoms with van der Waals surface area (Å²) in [5.41, 5.74) is 2.15. The number of sulfonamides is 1. The van der Waals surface area contributed by atoms with Crippen molar-refractivity contribution < 1.29 is 17.9 Å². The van der Waals surface area contributed by atoms with E-state index in [9.17, 15) is 13.2 Å². The molecule has 2 N–H and O–H groups in total. The number of hydrogen-bond donors (Lipinski definition) is 2. The number of aromatic amines is 1. The first kappa shape index (κ1) is 23.3. The number of nitrogens with one attached hydrogen (secondary N) is 2. The molecule has 0 spiro atoms. The lowest BCUT2D eigenvalue weighted by molar-refractivity contribution is 0.0892. The van der Waals surface area contributed by atoms with Crippen molar-refractivity contribution in [3.05, 3.63) is 40.5 Å². The van der Waals surface area contributed by atoms with Crippen molar-refractivity contribution >= 4 is 43.3 Å². The van der Waals surface area contributed by atoms with Crippen LogP contribution in [0, 0.1) is 0 Å². The molecule has 0 aliphatic carbocycles. The minimum atomic E-state index is -3.53. The van der Waals surface area contributed by atoms with Gasteiger partial charge in [0.25, 0.3) is 5.91 Å². The summed E-state index contributed by atoms with van der Waals surface area (Å²) < 4.78 is 32.3. The van der Waals surface area contributed by atoms with Crippen molar-refractivity contribution in [2.75, 3.05) is 38.8 Å². The molecule has 0 radical (unpaired) electrons. The van der Waals surface area contributed by atoms with E-state index in [0.29, 0.717) is 31.9 Å². The summed E-state index contributed by atoms with van der Waals surface area (Å²) in [5, 5.41) is 4.74. The molecule has 2 aliphatic rings. The topological polar surface area (TPSA) is 108 Å². The molecule has 3 aromatic rings. The molecule has 1 fully saturated rings. The fourth-order valence-corrected chi connectivity index (χ4v) is 6.91. The Morgan fingerprint density at radius 2 is 2.12 bits per heavy atom. The van der Waals surface area contributed by atoms with Crippen LogP contribution < -0.4 is 10.2 Å². The van der Waals surface area contributed by atoms with Crippen LogP contribution in [-0.2, 0) is 27.6 Å². The van der Waals surface area contributed by atoms with Crippen molar-refractivity contribution in [3.8, 4) is 0 Å². The Morgan fingerprint density at radius 3 is 2.88 bits per heavy atom. The van der Waals surface area contributed by atoms with Gasteiger partial charge >= 0.3 is 0 Å². The number of anilines is 1. The highest BCUT2D eigenvalue weighted by atomic mass is 32.2. The Bertz CT molecular complexity index is 1360. The van der Waals surface area contributed by atoms with E-state index >= 15 is 0 Å². The largest absolute Gasteiger partial charge is 0.377 e. The number of aromatic nitrogens is 2. The van der Waals surface area contributed by atoms with Crippen molar-refractivity contribution in [2.24, 2.45) is 0 Å². The predicted molar refractivity (Wildman–Crippen MR) is 132 cm³/mol. The number of thiazole rings is 1. The lowest BCUT2D eigenvalue weighted by Gasteiger charge is -2.35. The number of ether oxygens (including phenoxy) is 1. The zero-order valence-electron chi connectivity index (χ0n) is 19.7. The van der Waals surface area contributed by atoms with Crippen molar-refractivity contribution in [1.82, 2.24) is 19.6 Å². The highest BCUT2D eigenvalue weighted by molar-refractivity contribution is 7.89. The smallest absolute Gasteiger partial charge is 0.271 e. The first-order valence-corrected chi connectivity index (χ1v) is 13.5. The number of carbonyl (C=O) groups excluding carboxylic acids is 1. The van der Waals surface area contributed by atoms with Gasteiger partial charge in [-0.2, -0.15) is 0 Å². The molecule has 1 amide bonds. The Labute approximate surface area is 203 Å². The molecular weight excluding hydrogens is 474 g/mol. The first-order valence-electron chi connectivity index (χ1n) is 11.2. The number of carbonyl (C=O) groups is 1. The normalized spacial score (nSPS) is 20.6. The Morgan fingerprint density at radius 1 is 1.32 bits per heavy atom. The van der Waals surface area contributed by atoms with E-state index in [1.165, 1.54) is 18.4 Å². The van der Waals surface area contributed by atoms with Crippen LogP contribution >= 0.6 is 11.3 Å². The number of nitrogens with zero attached hydrogens (tertiary/aromatic N) is 3. The van der Waals surface area contributed by atoms with E-state index in [1.807, 2.05) is 20.0 Å². The van der Waals surface area contributed by atoms with E-state index in [0.717, 1.165) is 32.9 Å². The fourth-order valence-electron chi connectivity index (χ4n) is 4.60. The Kier molecular flexibility index (Phi) is 5.70. The number of fused-ring (bicyclic) bond motifs is 2. The first-order chi connectivity index (χ1) is 16.0. The fraction of sp³-hybridized carbons (Fsp3) is 0.478. The lowest BCUT2D eigenvalue weighted by Crippen LogP contribution is -2.49. The zero-order valence-corrected chi connectivity index (χ0v) is 21.3. The number of hydrogen-bond acceptors (Lipinski definition) is 7. The van der Waals surface area contributed by atoms with E-state index < -0.39 is 10.0 Å². The Hall–Kier alpha value is -2.47. The standard InChI is InChI=1S/C23H29N5O4S2/c1-23(2)11-19-20(21(29)26-23)25-22(33-19)28-7-8-32-13-15(28)9-14-12-24-18-6-5-16(10-17(14)18)34(30,31)27(3)4/h5-6,10,12,15,24H,7-9,11,13H2,1-4H3,(H,26,29)/t15-/m0/s1. The van der Waals surface area contributed by atoms with Gasteiger partial charge < -0.3 is 19.9 Å². The second-order valence-corrected chi connectivity index (χ2v) is 12.9. The van der Waals surface area contributed by atoms with Gasteiger partial charge in [-0.25, -0.2) is 17.7 Å². The van der Waals surface area contributed by atoms with Crippen LogP contribution in [0.5, 0.6) is 0 Å². The number of rotatable bonds is 5. The van der Waals surface area contributed by atoms with Crippen molar-refractivity contribution in [1.29, 1.82) is 0 Å². The van der Waals surface area contributed by atoms with Gasteiger partial charge in [0.05, 0.1) is 24.2 Å². The summed E-state index contributed by atoms with van der Waals surface area (Å²) in [6, 6.07) is 5.18. The summed E-state index contributed by atoms with van der Waals surface area (Å²) in [7, 11) is -0.465. The molecule has 4 heterocycles. The maximum atomic E-state index is 12.7. The van der Waals surface area contributed by atoms with Crippen LogP contribution in [0.1, 0.15) is 34.8 Å². The van der Waals surface area contributed by atoms with Crippen LogP contribution in [0.2, 0.25) is 0 Å². The summed E-state index contributed by atoms with van der Waals surface area (Å²) in [4.78, 5) is 24.1. The molecule has 1 aromatic carbocycles. The molecule has 1 atom stereocenters. The van der Waals surface area contributed by atoms with E-state index in [-0.39, 0.29) is 22.4 Å². The quantitative estimate of drug-likeness (QED) is 0.554. The monoisotopic (exact) mass is 503 g/mol. The van der Waals surface area contributed by atoms with Gasteiger partial charge in [-0.05, 0) is 44.0 Å². The van der Waals surface area contributed by atoms with Gasteiger partial charge in [0.1, 0.15) is 5.69 Å². The SMILES string of the molecule is CN(C)S(=O)(=O)c1ccc2[nH]cc(C[C@H]3COCCN3c3nc4c(s3)CC(C)(C)NC4=O)c2c1. The third-order valence-corrected chi connectivity index (χ3v) is 9.31. The summed E-state index contributed by atoms with van der Waals surface area (Å²) in [6.45, 7) is 5.85. The van der Waals surface area contributed by atoms with Crippen LogP contribution in [0.3, 0.4) is 0 Å². The van der Waals surface area contributed by atoms with E-state index in [4.69, 9.17) is 9.72 Å². The number of benzene rings is 1. The van der Waals surface area contributed by atoms with Gasteiger partial charge in [-0.1, -0.05) is 0 Å². The van der Waals surface area contributed by atoms with Crippen LogP contribution in [-0.4, -0.2) is 74.0 Å². The molecule has 0 unspecified atom stereocenters. The molecule has 2 aliphatic heterocycles. The van der Waals surface area contributed by atoms with E-state index in [2.05, 4.69) is 15.2 Å². The van der Waals surface area contributed by atoms with Gasteiger partial charge in [0.2, 0.25) is 10.0 Å². The van der Waals surface area contributed by atoms with Gasteiger partial charge in [-0.3, -0.25) is 4.79 Å².